The monoisotopic (exact) mass is 298 g/mol. The molecule has 122 valence electrons. The lowest BCUT2D eigenvalue weighted by molar-refractivity contribution is -0.140. The largest absolute Gasteiger partial charge is 0.480 e. The normalized spacial score (nSPS) is 20.0. The van der Waals surface area contributed by atoms with E-state index in [2.05, 4.69) is 26.1 Å². The molecule has 1 rings (SSSR count). The zero-order valence-electron chi connectivity index (χ0n) is 14.0. The van der Waals surface area contributed by atoms with Gasteiger partial charge in [-0.05, 0) is 30.1 Å². The number of carbonyl (C=O) groups excluding carboxylic acids is 1. The highest BCUT2D eigenvalue weighted by atomic mass is 16.4. The van der Waals surface area contributed by atoms with E-state index in [-0.39, 0.29) is 17.4 Å². The van der Waals surface area contributed by atoms with E-state index < -0.39 is 12.0 Å². The fraction of sp³-hybridized carbons (Fsp3) is 0.875. The maximum atomic E-state index is 12.2. The second-order valence-electron chi connectivity index (χ2n) is 7.28. The van der Waals surface area contributed by atoms with Crippen molar-refractivity contribution in [2.45, 2.75) is 59.9 Å². The molecule has 0 aromatic carbocycles. The fourth-order valence-electron chi connectivity index (χ4n) is 2.86. The van der Waals surface area contributed by atoms with Crippen LogP contribution in [-0.4, -0.2) is 41.1 Å². The Hall–Kier alpha value is -1.26. The van der Waals surface area contributed by atoms with E-state index in [9.17, 15) is 14.7 Å². The molecular weight excluding hydrogens is 268 g/mol. The van der Waals surface area contributed by atoms with Crippen molar-refractivity contribution < 1.29 is 14.7 Å². The maximum Gasteiger partial charge on any atom is 0.326 e. The topological polar surface area (TPSA) is 69.6 Å². The Bertz CT molecular complexity index is 368. The molecule has 0 saturated carbocycles. The summed E-state index contributed by atoms with van der Waals surface area (Å²) in [7, 11) is 0. The molecule has 0 aromatic rings. The molecule has 0 aromatic heterocycles. The predicted octanol–water partition coefficient (Wildman–Crippen LogP) is 2.95. The molecule has 2 N–H and O–H groups in total. The standard InChI is InChI=1S/C16H30N2O3/c1-6-11(2)13(14(19)20)17-15(21)18-9-7-12(8-10-18)16(3,4)5/h11-13H,6-10H2,1-5H3,(H,17,21)(H,19,20)/t11-,13-/m0/s1. The van der Waals surface area contributed by atoms with Gasteiger partial charge < -0.3 is 15.3 Å². The van der Waals surface area contributed by atoms with Crippen LogP contribution >= 0.6 is 0 Å². The molecule has 5 nitrogen and oxygen atoms in total. The zero-order valence-corrected chi connectivity index (χ0v) is 14.0. The maximum absolute atomic E-state index is 12.2. The first kappa shape index (κ1) is 17.8. The van der Waals surface area contributed by atoms with Gasteiger partial charge in [-0.3, -0.25) is 0 Å². The Kier molecular flexibility index (Phi) is 6.05. The number of amides is 2. The summed E-state index contributed by atoms with van der Waals surface area (Å²) in [5.41, 5.74) is 0.267. The third-order valence-corrected chi connectivity index (χ3v) is 4.76. The number of likely N-dealkylation sites (tertiary alicyclic amines) is 1. The number of piperidine rings is 1. The predicted molar refractivity (Wildman–Crippen MR) is 83.2 cm³/mol. The Labute approximate surface area is 128 Å². The molecule has 0 radical (unpaired) electrons. The fourth-order valence-corrected chi connectivity index (χ4v) is 2.86. The number of urea groups is 1. The van der Waals surface area contributed by atoms with Crippen molar-refractivity contribution in [3.8, 4) is 0 Å². The van der Waals surface area contributed by atoms with Crippen molar-refractivity contribution in [1.29, 1.82) is 0 Å². The lowest BCUT2D eigenvalue weighted by Crippen LogP contribution is -2.52. The van der Waals surface area contributed by atoms with Crippen LogP contribution in [0.5, 0.6) is 0 Å². The van der Waals surface area contributed by atoms with Crippen LogP contribution < -0.4 is 5.32 Å². The van der Waals surface area contributed by atoms with Gasteiger partial charge in [-0.2, -0.15) is 0 Å². The highest BCUT2D eigenvalue weighted by molar-refractivity contribution is 5.82. The molecule has 0 aliphatic carbocycles. The third-order valence-electron chi connectivity index (χ3n) is 4.76. The number of carboxylic acid groups (broad SMARTS) is 1. The molecule has 1 heterocycles. The van der Waals surface area contributed by atoms with Crippen LogP contribution in [0.25, 0.3) is 0 Å². The molecule has 1 saturated heterocycles. The second-order valence-corrected chi connectivity index (χ2v) is 7.28. The summed E-state index contributed by atoms with van der Waals surface area (Å²) in [5.74, 6) is -0.410. The molecule has 0 spiro atoms. The highest BCUT2D eigenvalue weighted by Gasteiger charge is 2.32. The smallest absolute Gasteiger partial charge is 0.326 e. The average Bonchev–Trinajstić information content (AvgIpc) is 2.42. The average molecular weight is 298 g/mol. The van der Waals surface area contributed by atoms with E-state index in [4.69, 9.17) is 0 Å². The van der Waals surface area contributed by atoms with E-state index >= 15 is 0 Å². The third kappa shape index (κ3) is 4.90. The Morgan fingerprint density at radius 1 is 1.29 bits per heavy atom. The summed E-state index contributed by atoms with van der Waals surface area (Å²) < 4.78 is 0. The molecule has 1 aliphatic heterocycles. The molecule has 5 heteroatoms. The van der Waals surface area contributed by atoms with Crippen molar-refractivity contribution in [2.24, 2.45) is 17.3 Å². The van der Waals surface area contributed by atoms with Gasteiger partial charge in [0.2, 0.25) is 0 Å². The second kappa shape index (κ2) is 7.14. The van der Waals surface area contributed by atoms with Crippen molar-refractivity contribution in [3.05, 3.63) is 0 Å². The molecule has 1 aliphatic rings. The minimum Gasteiger partial charge on any atom is -0.480 e. The number of carboxylic acids is 1. The minimum absolute atomic E-state index is 0.0708. The van der Waals surface area contributed by atoms with Crippen LogP contribution in [0.4, 0.5) is 4.79 Å². The van der Waals surface area contributed by atoms with E-state index in [0.29, 0.717) is 19.0 Å². The summed E-state index contributed by atoms with van der Waals surface area (Å²) >= 11 is 0. The lowest BCUT2D eigenvalue weighted by Gasteiger charge is -2.39. The summed E-state index contributed by atoms with van der Waals surface area (Å²) in [6.45, 7) is 11.9. The van der Waals surface area contributed by atoms with Gasteiger partial charge in [-0.15, -0.1) is 0 Å². The molecule has 2 amide bonds. The summed E-state index contributed by atoms with van der Waals surface area (Å²) in [6.07, 6.45) is 2.69. The van der Waals surface area contributed by atoms with Gasteiger partial charge in [-0.1, -0.05) is 41.0 Å². The summed E-state index contributed by atoms with van der Waals surface area (Å²) in [6, 6.07) is -1.04. The van der Waals surface area contributed by atoms with Crippen LogP contribution in [0.2, 0.25) is 0 Å². The summed E-state index contributed by atoms with van der Waals surface area (Å²) in [4.78, 5) is 25.3. The van der Waals surface area contributed by atoms with Gasteiger partial charge in [-0.25, -0.2) is 9.59 Å². The van der Waals surface area contributed by atoms with Crippen LogP contribution in [0, 0.1) is 17.3 Å². The molecule has 0 unspecified atom stereocenters. The Morgan fingerprint density at radius 2 is 1.81 bits per heavy atom. The van der Waals surface area contributed by atoms with Crippen LogP contribution in [0.15, 0.2) is 0 Å². The van der Waals surface area contributed by atoms with Crippen molar-refractivity contribution in [1.82, 2.24) is 10.2 Å². The van der Waals surface area contributed by atoms with E-state index in [0.717, 1.165) is 19.3 Å². The first-order valence-electron chi connectivity index (χ1n) is 7.95. The number of hydrogen-bond donors (Lipinski definition) is 2. The number of hydrogen-bond acceptors (Lipinski definition) is 2. The van der Waals surface area contributed by atoms with Crippen molar-refractivity contribution in [2.75, 3.05) is 13.1 Å². The first-order valence-corrected chi connectivity index (χ1v) is 7.95. The van der Waals surface area contributed by atoms with E-state index in [1.54, 1.807) is 4.90 Å². The van der Waals surface area contributed by atoms with Gasteiger partial charge in [0.25, 0.3) is 0 Å². The molecule has 0 bridgehead atoms. The van der Waals surface area contributed by atoms with Crippen LogP contribution in [0.3, 0.4) is 0 Å². The van der Waals surface area contributed by atoms with Gasteiger partial charge in [0, 0.05) is 13.1 Å². The van der Waals surface area contributed by atoms with E-state index in [1.807, 2.05) is 13.8 Å². The molecular formula is C16H30N2O3. The number of nitrogens with one attached hydrogen (secondary N) is 1. The number of carbonyl (C=O) groups is 2. The number of aliphatic carboxylic acids is 1. The van der Waals surface area contributed by atoms with Gasteiger partial charge in [0.05, 0.1) is 0 Å². The molecule has 2 atom stereocenters. The van der Waals surface area contributed by atoms with Crippen LogP contribution in [-0.2, 0) is 4.79 Å². The SMILES string of the molecule is CC[C@H](C)[C@H](NC(=O)N1CCC(C(C)(C)C)CC1)C(=O)O. The van der Waals surface area contributed by atoms with Gasteiger partial charge in [0.15, 0.2) is 0 Å². The molecule has 21 heavy (non-hydrogen) atoms. The van der Waals surface area contributed by atoms with Gasteiger partial charge >= 0.3 is 12.0 Å². The number of nitrogens with zero attached hydrogens (tertiary/aromatic N) is 1. The lowest BCUT2D eigenvalue weighted by atomic mass is 9.75. The van der Waals surface area contributed by atoms with E-state index in [1.165, 1.54) is 0 Å². The zero-order chi connectivity index (χ0) is 16.2. The Balaban J connectivity index is 2.55. The quantitative estimate of drug-likeness (QED) is 0.838. The van der Waals surface area contributed by atoms with Crippen molar-refractivity contribution in [3.63, 3.8) is 0 Å². The number of rotatable bonds is 4. The summed E-state index contributed by atoms with van der Waals surface area (Å²) in [5, 5.41) is 11.9. The Morgan fingerprint density at radius 3 is 2.19 bits per heavy atom. The molecule has 1 fully saturated rings. The highest BCUT2D eigenvalue weighted by Crippen LogP contribution is 2.34. The first-order chi connectivity index (χ1) is 9.66. The van der Waals surface area contributed by atoms with Gasteiger partial charge in [0.1, 0.15) is 6.04 Å². The van der Waals surface area contributed by atoms with Crippen molar-refractivity contribution >= 4 is 12.0 Å². The van der Waals surface area contributed by atoms with Crippen LogP contribution in [0.1, 0.15) is 53.9 Å². The minimum atomic E-state index is -0.956.